The van der Waals surface area contributed by atoms with Crippen molar-refractivity contribution in [1.82, 2.24) is 10.2 Å². The van der Waals surface area contributed by atoms with Gasteiger partial charge in [-0.3, -0.25) is 14.5 Å². The summed E-state index contributed by atoms with van der Waals surface area (Å²) < 4.78 is 21.0. The van der Waals surface area contributed by atoms with Crippen molar-refractivity contribution >= 4 is 40.7 Å². The molecule has 9 heteroatoms. The Bertz CT molecular complexity index is 1290. The lowest BCUT2D eigenvalue weighted by atomic mass is 9.82. The Balaban J connectivity index is 1.77. The second kappa shape index (κ2) is 11.9. The number of anilines is 1. The lowest BCUT2D eigenvalue weighted by molar-refractivity contribution is -0.124. The fourth-order valence-electron chi connectivity index (χ4n) is 4.93. The standard InChI is InChI=1S/C28H28Cl2FN3O3/c1-3-37-20-10-4-7-17(13-20)15-34-16-22(27(35)32-2)24(21-11-6-12-23(30)25(21)31)26(34)28(36)33-19-9-5-8-18(29)14-19/h4-14,22,24,26H,3,15-16H2,1-2H3,(H,32,35)(H,33,36)/t22-,24?,26?/m1/s1. The first kappa shape index (κ1) is 26.9. The van der Waals surface area contributed by atoms with Crippen LogP contribution in [0.4, 0.5) is 10.1 Å². The van der Waals surface area contributed by atoms with Crippen LogP contribution >= 0.6 is 23.2 Å². The molecule has 0 bridgehead atoms. The SMILES string of the molecule is CCOc1cccc(CN2C[C@@H](C(=O)NC)C(c3cccc(Cl)c3F)C2C(=O)Nc2cccc(Cl)c2)c1. The van der Waals surface area contributed by atoms with E-state index in [2.05, 4.69) is 10.6 Å². The Morgan fingerprint density at radius 1 is 1.05 bits per heavy atom. The summed E-state index contributed by atoms with van der Waals surface area (Å²) in [5, 5.41) is 5.99. The summed E-state index contributed by atoms with van der Waals surface area (Å²) >= 11 is 12.2. The van der Waals surface area contributed by atoms with Crippen molar-refractivity contribution in [3.05, 3.63) is 93.7 Å². The Kier molecular flexibility index (Phi) is 8.69. The van der Waals surface area contributed by atoms with Gasteiger partial charge >= 0.3 is 0 Å². The lowest BCUT2D eigenvalue weighted by Gasteiger charge is -2.28. The smallest absolute Gasteiger partial charge is 0.242 e. The number of carbonyl (C=O) groups is 2. The maximum atomic E-state index is 15.4. The summed E-state index contributed by atoms with van der Waals surface area (Å²) in [7, 11) is 1.53. The van der Waals surface area contributed by atoms with Gasteiger partial charge in [-0.2, -0.15) is 0 Å². The summed E-state index contributed by atoms with van der Waals surface area (Å²) in [4.78, 5) is 28.8. The van der Waals surface area contributed by atoms with E-state index < -0.39 is 23.7 Å². The number of halogens is 3. The van der Waals surface area contributed by atoms with Crippen molar-refractivity contribution in [3.8, 4) is 5.75 Å². The van der Waals surface area contributed by atoms with Gasteiger partial charge in [0.2, 0.25) is 11.8 Å². The van der Waals surface area contributed by atoms with Gasteiger partial charge in [0.15, 0.2) is 0 Å². The normalized spacial score (nSPS) is 19.4. The molecule has 3 aromatic carbocycles. The maximum absolute atomic E-state index is 15.4. The number of carbonyl (C=O) groups excluding carboxylic acids is 2. The summed E-state index contributed by atoms with van der Waals surface area (Å²) in [6.45, 7) is 3.01. The number of nitrogens with one attached hydrogen (secondary N) is 2. The fraction of sp³-hybridized carbons (Fsp3) is 0.286. The predicted octanol–water partition coefficient (Wildman–Crippen LogP) is 5.50. The highest BCUT2D eigenvalue weighted by molar-refractivity contribution is 6.31. The molecule has 37 heavy (non-hydrogen) atoms. The fourth-order valence-corrected chi connectivity index (χ4v) is 5.30. The molecular weight excluding hydrogens is 516 g/mol. The molecule has 0 radical (unpaired) electrons. The third kappa shape index (κ3) is 6.06. The monoisotopic (exact) mass is 543 g/mol. The van der Waals surface area contributed by atoms with Gasteiger partial charge in [0.05, 0.1) is 23.6 Å². The molecule has 1 aliphatic rings. The van der Waals surface area contributed by atoms with Crippen molar-refractivity contribution in [3.63, 3.8) is 0 Å². The Morgan fingerprint density at radius 2 is 1.81 bits per heavy atom. The van der Waals surface area contributed by atoms with Gasteiger partial charge in [-0.15, -0.1) is 0 Å². The van der Waals surface area contributed by atoms with Crippen LogP contribution in [-0.4, -0.2) is 43.0 Å². The van der Waals surface area contributed by atoms with Crippen LogP contribution in [0.5, 0.6) is 5.75 Å². The molecule has 1 aliphatic heterocycles. The van der Waals surface area contributed by atoms with E-state index >= 15 is 4.39 Å². The third-order valence-electron chi connectivity index (χ3n) is 6.48. The molecule has 2 N–H and O–H groups in total. The minimum Gasteiger partial charge on any atom is -0.494 e. The number of likely N-dealkylation sites (tertiary alicyclic amines) is 1. The van der Waals surface area contributed by atoms with E-state index in [0.29, 0.717) is 29.6 Å². The van der Waals surface area contributed by atoms with Crippen molar-refractivity contribution in [2.45, 2.75) is 25.4 Å². The molecule has 0 saturated carbocycles. The van der Waals surface area contributed by atoms with Crippen LogP contribution < -0.4 is 15.4 Å². The van der Waals surface area contributed by atoms with E-state index in [1.54, 1.807) is 36.4 Å². The van der Waals surface area contributed by atoms with E-state index in [4.69, 9.17) is 27.9 Å². The molecule has 1 fully saturated rings. The molecule has 1 heterocycles. The molecule has 2 unspecified atom stereocenters. The highest BCUT2D eigenvalue weighted by Gasteiger charge is 2.50. The minimum absolute atomic E-state index is 0.0648. The number of rotatable bonds is 8. The maximum Gasteiger partial charge on any atom is 0.242 e. The van der Waals surface area contributed by atoms with Gasteiger partial charge in [0.25, 0.3) is 0 Å². The minimum atomic E-state index is -0.870. The zero-order valence-corrected chi connectivity index (χ0v) is 22.0. The van der Waals surface area contributed by atoms with Gasteiger partial charge in [-0.1, -0.05) is 53.5 Å². The van der Waals surface area contributed by atoms with Gasteiger partial charge in [0.1, 0.15) is 11.6 Å². The molecule has 6 nitrogen and oxygen atoms in total. The highest BCUT2D eigenvalue weighted by Crippen LogP contribution is 2.42. The van der Waals surface area contributed by atoms with Crippen LogP contribution in [0.25, 0.3) is 0 Å². The number of hydrogen-bond acceptors (Lipinski definition) is 4. The van der Waals surface area contributed by atoms with Gasteiger partial charge in [-0.05, 0) is 54.4 Å². The summed E-state index contributed by atoms with van der Waals surface area (Å²) in [6.07, 6.45) is 0. The molecule has 3 atom stereocenters. The molecule has 0 aromatic heterocycles. The molecule has 2 amide bonds. The Hall–Kier alpha value is -3.13. The highest BCUT2D eigenvalue weighted by atomic mass is 35.5. The van der Waals surface area contributed by atoms with Crippen LogP contribution in [-0.2, 0) is 16.1 Å². The van der Waals surface area contributed by atoms with Gasteiger partial charge in [0, 0.05) is 36.8 Å². The average molecular weight is 544 g/mol. The van der Waals surface area contributed by atoms with Crippen LogP contribution in [0.3, 0.4) is 0 Å². The first-order chi connectivity index (χ1) is 17.8. The molecular formula is C28H28Cl2FN3O3. The van der Waals surface area contributed by atoms with E-state index in [1.807, 2.05) is 36.1 Å². The first-order valence-electron chi connectivity index (χ1n) is 12.0. The van der Waals surface area contributed by atoms with E-state index in [1.165, 1.54) is 13.1 Å². The zero-order valence-electron chi connectivity index (χ0n) is 20.5. The molecule has 194 valence electrons. The van der Waals surface area contributed by atoms with Crippen LogP contribution in [0.15, 0.2) is 66.7 Å². The molecule has 1 saturated heterocycles. The van der Waals surface area contributed by atoms with Crippen LogP contribution in [0.2, 0.25) is 10.0 Å². The molecule has 0 aliphatic carbocycles. The molecule has 3 aromatic rings. The second-order valence-electron chi connectivity index (χ2n) is 8.84. The predicted molar refractivity (Wildman–Crippen MR) is 144 cm³/mol. The van der Waals surface area contributed by atoms with E-state index in [0.717, 1.165) is 5.56 Å². The zero-order chi connectivity index (χ0) is 26.5. The van der Waals surface area contributed by atoms with Crippen LogP contribution in [0.1, 0.15) is 24.0 Å². The third-order valence-corrected chi connectivity index (χ3v) is 7.00. The average Bonchev–Trinajstić information content (AvgIpc) is 3.24. The quantitative estimate of drug-likeness (QED) is 0.393. The summed E-state index contributed by atoms with van der Waals surface area (Å²) in [5.74, 6) is -2.06. The number of nitrogens with zero attached hydrogens (tertiary/aromatic N) is 1. The number of benzene rings is 3. The molecule has 0 spiro atoms. The van der Waals surface area contributed by atoms with Crippen molar-refractivity contribution < 1.29 is 18.7 Å². The van der Waals surface area contributed by atoms with Gasteiger partial charge < -0.3 is 15.4 Å². The number of ether oxygens (including phenoxy) is 1. The van der Waals surface area contributed by atoms with Crippen molar-refractivity contribution in [2.24, 2.45) is 5.92 Å². The molecule has 4 rings (SSSR count). The van der Waals surface area contributed by atoms with Crippen molar-refractivity contribution in [1.29, 1.82) is 0 Å². The van der Waals surface area contributed by atoms with Crippen molar-refractivity contribution in [2.75, 3.05) is 25.5 Å². The number of amides is 2. The first-order valence-corrected chi connectivity index (χ1v) is 12.8. The Labute approximate surface area is 225 Å². The largest absolute Gasteiger partial charge is 0.494 e. The number of hydrogen-bond donors (Lipinski definition) is 2. The van der Waals surface area contributed by atoms with E-state index in [-0.39, 0.29) is 28.9 Å². The Morgan fingerprint density at radius 3 is 2.54 bits per heavy atom. The second-order valence-corrected chi connectivity index (χ2v) is 9.69. The summed E-state index contributed by atoms with van der Waals surface area (Å²) in [5.41, 5.74) is 1.62. The lowest BCUT2D eigenvalue weighted by Crippen LogP contribution is -2.42. The van der Waals surface area contributed by atoms with E-state index in [9.17, 15) is 9.59 Å². The summed E-state index contributed by atoms with van der Waals surface area (Å²) in [6, 6.07) is 18.1. The van der Waals surface area contributed by atoms with Gasteiger partial charge in [-0.25, -0.2) is 4.39 Å². The topological polar surface area (TPSA) is 70.7 Å². The van der Waals surface area contributed by atoms with Crippen LogP contribution in [0, 0.1) is 11.7 Å².